The number of likely N-dealkylation sites (tertiary alicyclic amines) is 1. The van der Waals surface area contributed by atoms with Crippen LogP contribution in [-0.2, 0) is 4.74 Å². The van der Waals surface area contributed by atoms with Crippen LogP contribution in [0.1, 0.15) is 39.5 Å². The molecule has 0 aromatic carbocycles. The van der Waals surface area contributed by atoms with Gasteiger partial charge in [0.15, 0.2) is 0 Å². The lowest BCUT2D eigenvalue weighted by atomic mass is 9.84. The third kappa shape index (κ3) is 2.76. The van der Waals surface area contributed by atoms with Crippen LogP contribution in [0.2, 0.25) is 0 Å². The average Bonchev–Trinajstić information content (AvgIpc) is 2.23. The second-order valence-corrected chi connectivity index (χ2v) is 5.46. The first-order chi connectivity index (χ1) is 7.70. The van der Waals surface area contributed by atoms with Gasteiger partial charge in [-0.3, -0.25) is 4.90 Å². The molecular formula is C13H26N2O. The van der Waals surface area contributed by atoms with Crippen molar-refractivity contribution in [2.75, 3.05) is 19.7 Å². The first-order valence-corrected chi connectivity index (χ1v) is 6.82. The summed E-state index contributed by atoms with van der Waals surface area (Å²) in [6.07, 6.45) is 5.64. The van der Waals surface area contributed by atoms with E-state index in [9.17, 15) is 0 Å². The van der Waals surface area contributed by atoms with Gasteiger partial charge in [0.1, 0.15) is 0 Å². The lowest BCUT2D eigenvalue weighted by Crippen LogP contribution is -2.53. The average molecular weight is 226 g/mol. The number of piperidine rings is 1. The monoisotopic (exact) mass is 226 g/mol. The van der Waals surface area contributed by atoms with Crippen LogP contribution in [0.4, 0.5) is 0 Å². The van der Waals surface area contributed by atoms with Crippen molar-refractivity contribution >= 4 is 0 Å². The Morgan fingerprint density at radius 1 is 1.44 bits per heavy atom. The summed E-state index contributed by atoms with van der Waals surface area (Å²) in [5, 5.41) is 0. The minimum Gasteiger partial charge on any atom is -0.378 e. The number of rotatable bonds is 4. The Balaban J connectivity index is 1.74. The van der Waals surface area contributed by atoms with Crippen LogP contribution in [-0.4, -0.2) is 42.8 Å². The number of ether oxygens (including phenoxy) is 1. The molecule has 1 saturated carbocycles. The fraction of sp³-hybridized carbons (Fsp3) is 1.00. The van der Waals surface area contributed by atoms with Crippen molar-refractivity contribution in [3.05, 3.63) is 0 Å². The molecule has 2 unspecified atom stereocenters. The van der Waals surface area contributed by atoms with Crippen molar-refractivity contribution in [1.29, 1.82) is 0 Å². The molecule has 0 amide bonds. The lowest BCUT2D eigenvalue weighted by Gasteiger charge is -2.46. The smallest absolute Gasteiger partial charge is 0.0604 e. The van der Waals surface area contributed by atoms with Gasteiger partial charge in [-0.25, -0.2) is 0 Å². The van der Waals surface area contributed by atoms with Gasteiger partial charge in [-0.1, -0.05) is 0 Å². The van der Waals surface area contributed by atoms with E-state index in [1.807, 2.05) is 0 Å². The maximum atomic E-state index is 6.01. The summed E-state index contributed by atoms with van der Waals surface area (Å²) in [7, 11) is 0. The van der Waals surface area contributed by atoms with Gasteiger partial charge < -0.3 is 10.5 Å². The first-order valence-electron chi connectivity index (χ1n) is 6.82. The van der Waals surface area contributed by atoms with Gasteiger partial charge in [-0.2, -0.15) is 0 Å². The van der Waals surface area contributed by atoms with Gasteiger partial charge in [0.05, 0.1) is 6.10 Å². The fourth-order valence-corrected chi connectivity index (χ4v) is 3.01. The molecular weight excluding hydrogens is 200 g/mol. The minimum absolute atomic E-state index is 0.352. The largest absolute Gasteiger partial charge is 0.378 e. The van der Waals surface area contributed by atoms with E-state index in [2.05, 4.69) is 18.7 Å². The zero-order valence-electron chi connectivity index (χ0n) is 10.7. The van der Waals surface area contributed by atoms with Gasteiger partial charge in [0.25, 0.3) is 0 Å². The molecule has 16 heavy (non-hydrogen) atoms. The molecule has 2 atom stereocenters. The Morgan fingerprint density at radius 3 is 2.81 bits per heavy atom. The Hall–Kier alpha value is -0.120. The molecule has 94 valence electrons. The third-order valence-corrected chi connectivity index (χ3v) is 4.22. The number of nitrogens with two attached hydrogens (primary N) is 1. The van der Waals surface area contributed by atoms with E-state index in [1.54, 1.807) is 0 Å². The highest BCUT2D eigenvalue weighted by molar-refractivity contribution is 4.91. The topological polar surface area (TPSA) is 38.5 Å². The van der Waals surface area contributed by atoms with E-state index in [0.717, 1.165) is 12.6 Å². The Kier molecular flexibility index (Phi) is 4.22. The van der Waals surface area contributed by atoms with Crippen LogP contribution in [0.3, 0.4) is 0 Å². The second-order valence-electron chi connectivity index (χ2n) is 5.46. The maximum Gasteiger partial charge on any atom is 0.0604 e. The van der Waals surface area contributed by atoms with E-state index in [1.165, 1.54) is 38.8 Å². The Morgan fingerprint density at radius 2 is 2.19 bits per heavy atom. The summed E-state index contributed by atoms with van der Waals surface area (Å²) in [6, 6.07) is 1.13. The normalized spacial score (nSPS) is 38.1. The predicted molar refractivity (Wildman–Crippen MR) is 66.4 cm³/mol. The van der Waals surface area contributed by atoms with Crippen molar-refractivity contribution in [3.63, 3.8) is 0 Å². The van der Waals surface area contributed by atoms with E-state index < -0.39 is 0 Å². The van der Waals surface area contributed by atoms with Gasteiger partial charge in [-0.15, -0.1) is 0 Å². The summed E-state index contributed by atoms with van der Waals surface area (Å²) in [4.78, 5) is 2.65. The molecule has 1 saturated heterocycles. The van der Waals surface area contributed by atoms with E-state index in [0.29, 0.717) is 18.1 Å². The molecule has 0 bridgehead atoms. The highest BCUT2D eigenvalue weighted by atomic mass is 16.5. The molecule has 2 fully saturated rings. The minimum atomic E-state index is 0.352. The van der Waals surface area contributed by atoms with Crippen LogP contribution < -0.4 is 5.73 Å². The molecule has 3 nitrogen and oxygen atoms in total. The summed E-state index contributed by atoms with van der Waals surface area (Å²) in [5.41, 5.74) is 6.01. The molecule has 0 spiro atoms. The molecule has 2 aliphatic rings. The molecule has 1 aliphatic carbocycles. The van der Waals surface area contributed by atoms with E-state index >= 15 is 0 Å². The van der Waals surface area contributed by atoms with Gasteiger partial charge in [-0.05, 0) is 52.0 Å². The van der Waals surface area contributed by atoms with E-state index in [4.69, 9.17) is 10.5 Å². The molecule has 2 rings (SSSR count). The molecule has 1 heterocycles. The first kappa shape index (κ1) is 12.3. The van der Waals surface area contributed by atoms with Crippen molar-refractivity contribution < 1.29 is 4.74 Å². The fourth-order valence-electron chi connectivity index (χ4n) is 3.01. The molecule has 1 aliphatic heterocycles. The summed E-state index contributed by atoms with van der Waals surface area (Å²) in [6.45, 7) is 7.58. The molecule has 3 heteroatoms. The van der Waals surface area contributed by atoms with Crippen LogP contribution in [0.15, 0.2) is 0 Å². The van der Waals surface area contributed by atoms with Crippen LogP contribution in [0, 0.1) is 5.92 Å². The van der Waals surface area contributed by atoms with Crippen molar-refractivity contribution in [3.8, 4) is 0 Å². The second kappa shape index (κ2) is 5.48. The summed E-state index contributed by atoms with van der Waals surface area (Å²) < 4.78 is 5.62. The molecule has 0 aromatic heterocycles. The summed E-state index contributed by atoms with van der Waals surface area (Å²) in [5.74, 6) is 0.708. The zero-order valence-corrected chi connectivity index (χ0v) is 10.7. The summed E-state index contributed by atoms with van der Waals surface area (Å²) >= 11 is 0. The molecule has 2 N–H and O–H groups in total. The maximum absolute atomic E-state index is 6.01. The highest BCUT2D eigenvalue weighted by Crippen LogP contribution is 2.31. The standard InChI is InChI=1S/C13H26N2O/c1-3-16-13-7-12(8-13)15-6-4-5-11(9-15)10(2)14/h10-13H,3-9,14H2,1-2H3. The van der Waals surface area contributed by atoms with Crippen LogP contribution in [0.5, 0.6) is 0 Å². The Bertz CT molecular complexity index is 214. The van der Waals surface area contributed by atoms with Gasteiger partial charge in [0, 0.05) is 25.2 Å². The van der Waals surface area contributed by atoms with Gasteiger partial charge in [0.2, 0.25) is 0 Å². The van der Waals surface area contributed by atoms with E-state index in [-0.39, 0.29) is 0 Å². The lowest BCUT2D eigenvalue weighted by molar-refractivity contribution is -0.0563. The number of nitrogens with zero attached hydrogens (tertiary/aromatic N) is 1. The number of hydrogen-bond acceptors (Lipinski definition) is 3. The van der Waals surface area contributed by atoms with Crippen LogP contribution in [0.25, 0.3) is 0 Å². The van der Waals surface area contributed by atoms with Gasteiger partial charge >= 0.3 is 0 Å². The molecule has 0 aromatic rings. The third-order valence-electron chi connectivity index (χ3n) is 4.22. The van der Waals surface area contributed by atoms with Crippen molar-refractivity contribution in [2.45, 2.75) is 57.7 Å². The molecule has 0 radical (unpaired) electrons. The Labute approximate surface area is 99.3 Å². The van der Waals surface area contributed by atoms with Crippen molar-refractivity contribution in [1.82, 2.24) is 4.90 Å². The SMILES string of the molecule is CCOC1CC(N2CCCC(C(C)N)C2)C1. The highest BCUT2D eigenvalue weighted by Gasteiger charge is 2.36. The van der Waals surface area contributed by atoms with Crippen LogP contribution >= 0.6 is 0 Å². The van der Waals surface area contributed by atoms with Crippen molar-refractivity contribution in [2.24, 2.45) is 11.7 Å². The number of hydrogen-bond donors (Lipinski definition) is 1. The zero-order chi connectivity index (χ0) is 11.5. The quantitative estimate of drug-likeness (QED) is 0.791. The predicted octanol–water partition coefficient (Wildman–Crippen LogP) is 1.61.